The van der Waals surface area contributed by atoms with E-state index in [0.717, 1.165) is 11.3 Å². The Labute approximate surface area is 131 Å². The summed E-state index contributed by atoms with van der Waals surface area (Å²) in [4.78, 5) is 0. The molecule has 0 bridgehead atoms. The van der Waals surface area contributed by atoms with Gasteiger partial charge in [0.15, 0.2) is 0 Å². The smallest absolute Gasteiger partial charge is 0.213 e. The number of aryl methyl sites for hydroxylation is 1. The van der Waals surface area contributed by atoms with Crippen LogP contribution in [0.5, 0.6) is 0 Å². The second-order valence-corrected chi connectivity index (χ2v) is 6.34. The predicted octanol–water partition coefficient (Wildman–Crippen LogP) is 5.89. The molecular formula is C21H13NO. The van der Waals surface area contributed by atoms with Crippen LogP contribution in [0.25, 0.3) is 49.3 Å². The molecule has 3 heterocycles. The summed E-state index contributed by atoms with van der Waals surface area (Å²) < 4.78 is 8.53. The third-order valence-corrected chi connectivity index (χ3v) is 4.99. The van der Waals surface area contributed by atoms with Gasteiger partial charge in [0.05, 0.1) is 16.4 Å². The Morgan fingerprint density at radius 2 is 1.61 bits per heavy atom. The molecule has 0 aliphatic rings. The van der Waals surface area contributed by atoms with Crippen molar-refractivity contribution in [2.75, 3.05) is 0 Å². The zero-order chi connectivity index (χ0) is 15.1. The topological polar surface area (TPSA) is 17.6 Å². The van der Waals surface area contributed by atoms with Crippen molar-refractivity contribution in [2.45, 2.75) is 6.92 Å². The van der Waals surface area contributed by atoms with Gasteiger partial charge in [-0.05, 0) is 25.1 Å². The lowest BCUT2D eigenvalue weighted by atomic mass is 10.1. The molecule has 0 unspecified atom stereocenters. The first kappa shape index (κ1) is 11.6. The Hall–Kier alpha value is -3.00. The fourth-order valence-electron chi connectivity index (χ4n) is 4.05. The highest BCUT2D eigenvalue weighted by atomic mass is 16.3. The molecule has 2 heteroatoms. The molecule has 2 nitrogen and oxygen atoms in total. The highest BCUT2D eigenvalue weighted by molar-refractivity contribution is 6.27. The lowest BCUT2D eigenvalue weighted by Crippen LogP contribution is -1.78. The molecule has 0 fully saturated rings. The van der Waals surface area contributed by atoms with Gasteiger partial charge in [-0.2, -0.15) is 0 Å². The molecule has 3 aromatic heterocycles. The molecule has 23 heavy (non-hydrogen) atoms. The fraction of sp³-hybridized carbons (Fsp3) is 0.0476. The van der Waals surface area contributed by atoms with E-state index in [1.807, 2.05) is 12.1 Å². The van der Waals surface area contributed by atoms with E-state index >= 15 is 0 Å². The molecule has 0 saturated heterocycles. The zero-order valence-electron chi connectivity index (χ0n) is 12.6. The zero-order valence-corrected chi connectivity index (χ0v) is 12.6. The van der Waals surface area contributed by atoms with E-state index in [0.29, 0.717) is 0 Å². The lowest BCUT2D eigenvalue weighted by molar-refractivity contribution is 0.652. The van der Waals surface area contributed by atoms with Crippen molar-refractivity contribution < 1.29 is 4.42 Å². The van der Waals surface area contributed by atoms with Gasteiger partial charge in [0.1, 0.15) is 5.58 Å². The average Bonchev–Trinajstić information content (AvgIpc) is 3.19. The third kappa shape index (κ3) is 1.22. The number of furan rings is 1. The second kappa shape index (κ2) is 3.66. The van der Waals surface area contributed by atoms with Gasteiger partial charge in [0, 0.05) is 21.5 Å². The summed E-state index contributed by atoms with van der Waals surface area (Å²) in [7, 11) is 0. The Kier molecular flexibility index (Phi) is 1.84. The van der Waals surface area contributed by atoms with E-state index in [1.165, 1.54) is 43.5 Å². The molecule has 0 N–H and O–H groups in total. The number of nitrogens with zero attached hydrogens (tertiary/aromatic N) is 1. The maximum atomic E-state index is 6.24. The van der Waals surface area contributed by atoms with Gasteiger partial charge < -0.3 is 4.42 Å². The fourth-order valence-corrected chi connectivity index (χ4v) is 4.05. The van der Waals surface area contributed by atoms with Gasteiger partial charge in [-0.1, -0.05) is 48.0 Å². The molecule has 6 aromatic rings. The summed E-state index contributed by atoms with van der Waals surface area (Å²) >= 11 is 0. The number of aromatic nitrogens is 1. The molecule has 0 spiro atoms. The van der Waals surface area contributed by atoms with Crippen LogP contribution in [0, 0.1) is 6.92 Å². The third-order valence-electron chi connectivity index (χ3n) is 4.99. The van der Waals surface area contributed by atoms with Crippen molar-refractivity contribution in [1.82, 2.24) is 4.40 Å². The van der Waals surface area contributed by atoms with Crippen LogP contribution in [0.2, 0.25) is 0 Å². The minimum atomic E-state index is 0.953. The first-order valence-electron chi connectivity index (χ1n) is 7.89. The number of rotatable bonds is 0. The van der Waals surface area contributed by atoms with Crippen molar-refractivity contribution >= 4 is 49.3 Å². The van der Waals surface area contributed by atoms with Gasteiger partial charge in [-0.3, -0.25) is 4.40 Å². The Balaban J connectivity index is 2.06. The van der Waals surface area contributed by atoms with Crippen LogP contribution in [0.15, 0.2) is 65.1 Å². The van der Waals surface area contributed by atoms with Crippen LogP contribution in [-0.4, -0.2) is 4.40 Å². The summed E-state index contributed by atoms with van der Waals surface area (Å²) in [6.45, 7) is 2.14. The molecular weight excluding hydrogens is 282 g/mol. The summed E-state index contributed by atoms with van der Waals surface area (Å²) in [5.41, 5.74) is 5.68. The Bertz CT molecular complexity index is 1370. The normalized spacial score (nSPS) is 12.6. The van der Waals surface area contributed by atoms with Crippen molar-refractivity contribution in [3.05, 3.63) is 66.2 Å². The Morgan fingerprint density at radius 3 is 2.57 bits per heavy atom. The minimum absolute atomic E-state index is 0.953. The summed E-state index contributed by atoms with van der Waals surface area (Å²) in [6.07, 6.45) is 0. The first-order chi connectivity index (χ1) is 11.3. The van der Waals surface area contributed by atoms with Crippen molar-refractivity contribution in [3.8, 4) is 0 Å². The molecule has 108 valence electrons. The number of hydrogen-bond donors (Lipinski definition) is 0. The van der Waals surface area contributed by atoms with Crippen LogP contribution in [0.4, 0.5) is 0 Å². The molecule has 0 amide bonds. The van der Waals surface area contributed by atoms with Crippen LogP contribution in [-0.2, 0) is 0 Å². The van der Waals surface area contributed by atoms with E-state index < -0.39 is 0 Å². The highest BCUT2D eigenvalue weighted by Crippen LogP contribution is 2.42. The van der Waals surface area contributed by atoms with Crippen molar-refractivity contribution in [2.24, 2.45) is 0 Å². The maximum absolute atomic E-state index is 6.24. The largest absolute Gasteiger partial charge is 0.439 e. The standard InChI is InChI=1S/C21H13NO/c1-12-9-10-17-16(11-12)13-6-4-7-15-19-14-5-2-3-8-18(14)23-21(19)22(17)20(13)15/h2-11H,1H3. The summed E-state index contributed by atoms with van der Waals surface area (Å²) in [5, 5.41) is 6.29. The van der Waals surface area contributed by atoms with E-state index in [9.17, 15) is 0 Å². The first-order valence-corrected chi connectivity index (χ1v) is 7.89. The maximum Gasteiger partial charge on any atom is 0.213 e. The van der Waals surface area contributed by atoms with Crippen molar-refractivity contribution in [3.63, 3.8) is 0 Å². The van der Waals surface area contributed by atoms with E-state index in [4.69, 9.17) is 4.42 Å². The van der Waals surface area contributed by atoms with E-state index in [2.05, 4.69) is 59.9 Å². The predicted molar refractivity (Wildman–Crippen MR) is 95.6 cm³/mol. The molecule has 6 rings (SSSR count). The quantitative estimate of drug-likeness (QED) is 0.341. The highest BCUT2D eigenvalue weighted by Gasteiger charge is 2.21. The lowest BCUT2D eigenvalue weighted by Gasteiger charge is -1.95. The molecule has 3 aromatic carbocycles. The van der Waals surface area contributed by atoms with Gasteiger partial charge in [0.25, 0.3) is 0 Å². The minimum Gasteiger partial charge on any atom is -0.439 e. The molecule has 0 aliphatic carbocycles. The summed E-state index contributed by atoms with van der Waals surface area (Å²) in [6, 6.07) is 21.5. The Morgan fingerprint density at radius 1 is 0.783 bits per heavy atom. The molecule has 0 atom stereocenters. The van der Waals surface area contributed by atoms with Gasteiger partial charge in [0.2, 0.25) is 5.71 Å². The SMILES string of the molecule is Cc1ccc2c(c1)c1cccc3c4c5ccccc5oc4n2c13. The number of benzene rings is 3. The summed E-state index contributed by atoms with van der Waals surface area (Å²) in [5.74, 6) is 0. The van der Waals surface area contributed by atoms with Gasteiger partial charge >= 0.3 is 0 Å². The van der Waals surface area contributed by atoms with Gasteiger partial charge in [-0.25, -0.2) is 0 Å². The van der Waals surface area contributed by atoms with E-state index in [-0.39, 0.29) is 0 Å². The average molecular weight is 295 g/mol. The number of para-hydroxylation sites is 2. The monoisotopic (exact) mass is 295 g/mol. The van der Waals surface area contributed by atoms with Gasteiger partial charge in [-0.15, -0.1) is 0 Å². The van der Waals surface area contributed by atoms with Crippen LogP contribution < -0.4 is 0 Å². The number of fused-ring (bicyclic) bond motifs is 8. The van der Waals surface area contributed by atoms with Crippen molar-refractivity contribution in [1.29, 1.82) is 0 Å². The van der Waals surface area contributed by atoms with Crippen LogP contribution in [0.3, 0.4) is 0 Å². The molecule has 0 radical (unpaired) electrons. The molecule has 0 aliphatic heterocycles. The van der Waals surface area contributed by atoms with Crippen LogP contribution in [0.1, 0.15) is 5.56 Å². The second-order valence-electron chi connectivity index (χ2n) is 6.34. The number of hydrogen-bond acceptors (Lipinski definition) is 1. The van der Waals surface area contributed by atoms with E-state index in [1.54, 1.807) is 0 Å². The molecule has 0 saturated carbocycles. The van der Waals surface area contributed by atoms with Crippen LogP contribution >= 0.6 is 0 Å².